The van der Waals surface area contributed by atoms with Crippen LogP contribution in [0.4, 0.5) is 0 Å². The van der Waals surface area contributed by atoms with Crippen LogP contribution in [0.1, 0.15) is 12.0 Å². The largest absolute Gasteiger partial charge is 0.143 e. The fourth-order valence-electron chi connectivity index (χ4n) is 2.95. The van der Waals surface area contributed by atoms with Gasteiger partial charge in [0.1, 0.15) is 0 Å². The molecule has 0 atom stereocenters. The van der Waals surface area contributed by atoms with Crippen molar-refractivity contribution in [3.63, 3.8) is 0 Å². The van der Waals surface area contributed by atoms with E-state index in [1.807, 2.05) is 0 Å². The van der Waals surface area contributed by atoms with E-state index in [9.17, 15) is 0 Å². The highest BCUT2D eigenvalue weighted by atomic mass is 32.2. The molecule has 0 aromatic heterocycles. The summed E-state index contributed by atoms with van der Waals surface area (Å²) in [7, 11) is -1.31. The van der Waals surface area contributed by atoms with Gasteiger partial charge in [-0.05, 0) is 34.6 Å². The summed E-state index contributed by atoms with van der Waals surface area (Å²) in [5.74, 6) is 2.61. The van der Waals surface area contributed by atoms with Gasteiger partial charge in [-0.2, -0.15) is 0 Å². The molecule has 1 saturated heterocycles. The third-order valence-corrected chi connectivity index (χ3v) is 13.8. The Bertz CT molecular complexity index is 537. The van der Waals surface area contributed by atoms with Gasteiger partial charge in [-0.15, -0.1) is 23.5 Å². The second kappa shape index (κ2) is 5.43. The Hall–Kier alpha value is -0.383. The first-order valence-electron chi connectivity index (χ1n) is 7.30. The lowest BCUT2D eigenvalue weighted by Gasteiger charge is -2.45. The molecule has 1 heterocycles. The molecule has 0 aromatic rings. The summed E-state index contributed by atoms with van der Waals surface area (Å²) >= 11 is 4.40. The molecular formula is C17H22S2Si. The number of thioether (sulfide) groups is 2. The fraction of sp³-hybridized carbons (Fsp3) is 0.412. The van der Waals surface area contributed by atoms with Crippen molar-refractivity contribution >= 4 is 31.6 Å². The molecule has 0 spiro atoms. The highest BCUT2D eigenvalue weighted by Crippen LogP contribution is 2.55. The van der Waals surface area contributed by atoms with Crippen molar-refractivity contribution in [3.05, 3.63) is 48.0 Å². The molecule has 0 saturated carbocycles. The number of hydrogen-bond donors (Lipinski definition) is 0. The van der Waals surface area contributed by atoms with Crippen molar-refractivity contribution in [2.75, 3.05) is 11.5 Å². The summed E-state index contributed by atoms with van der Waals surface area (Å²) in [5.41, 5.74) is 4.24. The molecule has 0 aromatic carbocycles. The molecule has 0 radical (unpaired) electrons. The Morgan fingerprint density at radius 3 is 1.90 bits per heavy atom. The highest BCUT2D eigenvalue weighted by Gasteiger charge is 2.46. The SMILES string of the molecule is C[Si](C)(C)C1(c2ccc3cccc-3cc2)SCCCS1. The van der Waals surface area contributed by atoms with Gasteiger partial charge in [-0.1, -0.05) is 62.1 Å². The normalized spacial score (nSPS) is 19.1. The van der Waals surface area contributed by atoms with Crippen LogP contribution in [0.3, 0.4) is 0 Å². The Balaban J connectivity index is 2.12. The molecule has 0 unspecified atom stereocenters. The Morgan fingerprint density at radius 1 is 0.850 bits per heavy atom. The van der Waals surface area contributed by atoms with Gasteiger partial charge in [0.05, 0.1) is 11.8 Å². The second-order valence-electron chi connectivity index (χ2n) is 6.48. The summed E-state index contributed by atoms with van der Waals surface area (Å²) in [6, 6.07) is 15.9. The minimum absolute atomic E-state index is 0.321. The predicted molar refractivity (Wildman–Crippen MR) is 97.6 cm³/mol. The number of hydrogen-bond acceptors (Lipinski definition) is 2. The van der Waals surface area contributed by atoms with Gasteiger partial charge >= 0.3 is 0 Å². The summed E-state index contributed by atoms with van der Waals surface area (Å²) < 4.78 is 0.321. The van der Waals surface area contributed by atoms with Crippen LogP contribution in [0, 0.1) is 0 Å². The van der Waals surface area contributed by atoms with Gasteiger partial charge < -0.3 is 0 Å². The third-order valence-electron chi connectivity index (χ3n) is 4.04. The maximum Gasteiger partial charge on any atom is 0.0808 e. The van der Waals surface area contributed by atoms with Crippen molar-refractivity contribution in [1.82, 2.24) is 0 Å². The van der Waals surface area contributed by atoms with Gasteiger partial charge in [-0.3, -0.25) is 0 Å². The monoisotopic (exact) mass is 318 g/mol. The average molecular weight is 319 g/mol. The van der Waals surface area contributed by atoms with Crippen LogP contribution in [0.2, 0.25) is 19.6 Å². The van der Waals surface area contributed by atoms with E-state index >= 15 is 0 Å². The van der Waals surface area contributed by atoms with Crippen LogP contribution in [0.25, 0.3) is 11.1 Å². The number of fused-ring (bicyclic) bond motifs is 1. The first kappa shape index (κ1) is 14.5. The Morgan fingerprint density at radius 2 is 1.40 bits per heavy atom. The average Bonchev–Trinajstić information content (AvgIpc) is 2.77. The summed E-state index contributed by atoms with van der Waals surface area (Å²) in [4.78, 5) is 0. The molecule has 1 aliphatic heterocycles. The van der Waals surface area contributed by atoms with E-state index in [1.54, 1.807) is 0 Å². The van der Waals surface area contributed by atoms with Crippen LogP contribution in [0.15, 0.2) is 42.5 Å². The van der Waals surface area contributed by atoms with E-state index in [2.05, 4.69) is 85.6 Å². The first-order valence-corrected chi connectivity index (χ1v) is 12.8. The number of rotatable bonds is 2. The summed E-state index contributed by atoms with van der Waals surface area (Å²) in [5, 5.41) is 0. The zero-order valence-electron chi connectivity index (χ0n) is 12.5. The molecule has 2 aliphatic carbocycles. The molecule has 3 rings (SSSR count). The molecule has 0 nitrogen and oxygen atoms in total. The van der Waals surface area contributed by atoms with Crippen molar-refractivity contribution in [2.24, 2.45) is 0 Å². The van der Waals surface area contributed by atoms with Gasteiger partial charge in [0.2, 0.25) is 0 Å². The quantitative estimate of drug-likeness (QED) is 0.652. The van der Waals surface area contributed by atoms with Gasteiger partial charge in [0, 0.05) is 0 Å². The maximum atomic E-state index is 2.52. The molecule has 1 fully saturated rings. The first-order chi connectivity index (χ1) is 9.53. The molecule has 20 heavy (non-hydrogen) atoms. The summed E-state index contributed by atoms with van der Waals surface area (Å²) in [6.07, 6.45) is 1.35. The predicted octanol–water partition coefficient (Wildman–Crippen LogP) is 5.69. The zero-order valence-corrected chi connectivity index (χ0v) is 15.1. The summed E-state index contributed by atoms with van der Waals surface area (Å²) in [6.45, 7) is 7.56. The minimum atomic E-state index is -1.31. The smallest absolute Gasteiger partial charge is 0.0808 e. The Labute approximate surface area is 132 Å². The van der Waals surface area contributed by atoms with E-state index in [0.717, 1.165) is 0 Å². The third kappa shape index (κ3) is 2.44. The van der Waals surface area contributed by atoms with E-state index in [1.165, 1.54) is 34.6 Å². The van der Waals surface area contributed by atoms with E-state index in [-0.39, 0.29) is 0 Å². The molecule has 106 valence electrons. The van der Waals surface area contributed by atoms with Crippen LogP contribution in [0.5, 0.6) is 0 Å². The van der Waals surface area contributed by atoms with E-state index < -0.39 is 8.07 Å². The van der Waals surface area contributed by atoms with E-state index in [4.69, 9.17) is 0 Å². The van der Waals surface area contributed by atoms with Crippen LogP contribution >= 0.6 is 23.5 Å². The van der Waals surface area contributed by atoms with Crippen molar-refractivity contribution in [1.29, 1.82) is 0 Å². The lowest BCUT2D eigenvalue weighted by Crippen LogP contribution is -2.46. The molecular weight excluding hydrogens is 296 g/mol. The van der Waals surface area contributed by atoms with Crippen LogP contribution in [-0.2, 0) is 3.70 Å². The van der Waals surface area contributed by atoms with Crippen LogP contribution < -0.4 is 0 Å². The Kier molecular flexibility index (Phi) is 3.95. The maximum absolute atomic E-state index is 2.52. The van der Waals surface area contributed by atoms with Gasteiger partial charge in [0.25, 0.3) is 0 Å². The van der Waals surface area contributed by atoms with Gasteiger partial charge in [-0.25, -0.2) is 0 Å². The van der Waals surface area contributed by atoms with Crippen molar-refractivity contribution in [2.45, 2.75) is 29.8 Å². The lowest BCUT2D eigenvalue weighted by atomic mass is 10.2. The van der Waals surface area contributed by atoms with E-state index in [0.29, 0.717) is 3.70 Å². The standard InChI is InChI=1S/C17H22S2Si/c1-20(2,3)17(18-12-5-13-19-17)16-10-8-14-6-4-7-15(14)9-11-16/h4,6-11H,5,12-13H2,1-3H3. The lowest BCUT2D eigenvalue weighted by molar-refractivity contribution is 1.06. The fourth-order valence-corrected chi connectivity index (χ4v) is 10.8. The zero-order chi connectivity index (χ0) is 14.2. The minimum Gasteiger partial charge on any atom is -0.143 e. The van der Waals surface area contributed by atoms with Gasteiger partial charge in [0.15, 0.2) is 0 Å². The second-order valence-corrected chi connectivity index (χ2v) is 15.3. The van der Waals surface area contributed by atoms with Crippen molar-refractivity contribution in [3.8, 4) is 11.1 Å². The molecule has 3 heteroatoms. The molecule has 0 N–H and O–H groups in total. The van der Waals surface area contributed by atoms with Crippen molar-refractivity contribution < 1.29 is 0 Å². The highest BCUT2D eigenvalue weighted by molar-refractivity contribution is 8.20. The molecule has 0 bridgehead atoms. The van der Waals surface area contributed by atoms with Crippen LogP contribution in [-0.4, -0.2) is 19.6 Å². The topological polar surface area (TPSA) is 0 Å². The molecule has 3 aliphatic rings. The molecule has 0 amide bonds.